The standard InChI is InChI=1S/C25H35NO5/c1-6-13-25(27,14-7-2)24-12-10-21(31-24)19-26(15-8-16-28-3)18-20-9-11-22(29-4)23(17-20)30-5/h6-7,9-12,17,27H,1-2,8,13-16,18-19H2,3-5H3. The number of benzene rings is 1. The van der Waals surface area contributed by atoms with Crippen LogP contribution in [0.2, 0.25) is 0 Å². The van der Waals surface area contributed by atoms with Gasteiger partial charge < -0.3 is 23.7 Å². The van der Waals surface area contributed by atoms with E-state index in [1.54, 1.807) is 33.5 Å². The Balaban J connectivity index is 2.18. The average molecular weight is 430 g/mol. The lowest BCUT2D eigenvalue weighted by molar-refractivity contribution is 0.0186. The van der Waals surface area contributed by atoms with Gasteiger partial charge in [0.2, 0.25) is 0 Å². The van der Waals surface area contributed by atoms with Crippen LogP contribution in [0.15, 0.2) is 60.1 Å². The number of ether oxygens (including phenoxy) is 3. The van der Waals surface area contributed by atoms with E-state index in [4.69, 9.17) is 18.6 Å². The van der Waals surface area contributed by atoms with Crippen LogP contribution in [0.4, 0.5) is 0 Å². The van der Waals surface area contributed by atoms with Crippen molar-refractivity contribution < 1.29 is 23.7 Å². The maximum Gasteiger partial charge on any atom is 0.161 e. The van der Waals surface area contributed by atoms with Gasteiger partial charge in [-0.1, -0.05) is 18.2 Å². The molecule has 31 heavy (non-hydrogen) atoms. The van der Waals surface area contributed by atoms with Crippen molar-refractivity contribution >= 4 is 0 Å². The summed E-state index contributed by atoms with van der Waals surface area (Å²) in [5.41, 5.74) is -0.0110. The number of methoxy groups -OCH3 is 3. The zero-order valence-corrected chi connectivity index (χ0v) is 18.9. The molecule has 0 fully saturated rings. The van der Waals surface area contributed by atoms with Crippen LogP contribution in [0.3, 0.4) is 0 Å². The van der Waals surface area contributed by atoms with Crippen molar-refractivity contribution in [1.82, 2.24) is 4.90 Å². The Kier molecular flexibility index (Phi) is 9.85. The molecule has 0 atom stereocenters. The zero-order valence-electron chi connectivity index (χ0n) is 18.9. The van der Waals surface area contributed by atoms with E-state index in [0.29, 0.717) is 49.8 Å². The summed E-state index contributed by atoms with van der Waals surface area (Å²) in [4.78, 5) is 2.28. The fourth-order valence-electron chi connectivity index (χ4n) is 3.58. The van der Waals surface area contributed by atoms with Gasteiger partial charge in [0.25, 0.3) is 0 Å². The Morgan fingerprint density at radius 1 is 1.00 bits per heavy atom. The molecule has 1 N–H and O–H groups in total. The number of nitrogens with zero attached hydrogens (tertiary/aromatic N) is 1. The second-order valence-electron chi connectivity index (χ2n) is 7.53. The number of aliphatic hydroxyl groups is 1. The van der Waals surface area contributed by atoms with E-state index in [1.165, 1.54) is 0 Å². The van der Waals surface area contributed by atoms with E-state index >= 15 is 0 Å². The van der Waals surface area contributed by atoms with Crippen LogP contribution in [0.1, 0.15) is 36.3 Å². The van der Waals surface area contributed by atoms with Gasteiger partial charge in [-0.05, 0) is 36.2 Å². The summed E-state index contributed by atoms with van der Waals surface area (Å²) in [7, 11) is 4.97. The molecular formula is C25H35NO5. The molecule has 1 aromatic carbocycles. The van der Waals surface area contributed by atoms with E-state index in [2.05, 4.69) is 18.1 Å². The molecule has 0 aliphatic heterocycles. The number of furan rings is 1. The minimum atomic E-state index is -1.12. The molecule has 0 aliphatic carbocycles. The largest absolute Gasteiger partial charge is 0.493 e. The molecule has 2 rings (SSSR count). The van der Waals surface area contributed by atoms with Crippen LogP contribution < -0.4 is 9.47 Å². The van der Waals surface area contributed by atoms with E-state index in [9.17, 15) is 5.11 Å². The van der Waals surface area contributed by atoms with Gasteiger partial charge in [-0.25, -0.2) is 0 Å². The Morgan fingerprint density at radius 3 is 2.32 bits per heavy atom. The summed E-state index contributed by atoms with van der Waals surface area (Å²) in [6, 6.07) is 9.70. The average Bonchev–Trinajstić information content (AvgIpc) is 3.23. The topological polar surface area (TPSA) is 64.3 Å². The van der Waals surface area contributed by atoms with Crippen molar-refractivity contribution in [2.24, 2.45) is 0 Å². The van der Waals surface area contributed by atoms with Crippen LogP contribution in [0.5, 0.6) is 11.5 Å². The second-order valence-corrected chi connectivity index (χ2v) is 7.53. The lowest BCUT2D eigenvalue weighted by atomic mass is 9.93. The quantitative estimate of drug-likeness (QED) is 0.328. The third-order valence-electron chi connectivity index (χ3n) is 5.14. The van der Waals surface area contributed by atoms with Crippen molar-refractivity contribution in [3.8, 4) is 11.5 Å². The first-order valence-corrected chi connectivity index (χ1v) is 10.4. The second kappa shape index (κ2) is 12.3. The molecule has 0 amide bonds. The van der Waals surface area contributed by atoms with Crippen LogP contribution in [-0.4, -0.2) is 44.5 Å². The minimum absolute atomic E-state index is 0.398. The Bertz CT molecular complexity index is 819. The normalized spacial score (nSPS) is 11.5. The molecule has 1 aromatic heterocycles. The molecule has 0 spiro atoms. The molecule has 6 nitrogen and oxygen atoms in total. The van der Waals surface area contributed by atoms with Gasteiger partial charge in [0.15, 0.2) is 11.5 Å². The third kappa shape index (κ3) is 6.99. The van der Waals surface area contributed by atoms with Crippen LogP contribution in [0, 0.1) is 0 Å². The molecular weight excluding hydrogens is 394 g/mol. The summed E-state index contributed by atoms with van der Waals surface area (Å²) in [5, 5.41) is 11.0. The van der Waals surface area contributed by atoms with Crippen LogP contribution in [-0.2, 0) is 23.4 Å². The summed E-state index contributed by atoms with van der Waals surface area (Å²) in [6.07, 6.45) is 5.08. The number of hydrogen-bond donors (Lipinski definition) is 1. The SMILES string of the molecule is C=CCC(O)(CC=C)c1ccc(CN(CCCOC)Cc2ccc(OC)c(OC)c2)o1. The monoisotopic (exact) mass is 429 g/mol. The molecule has 0 aliphatic rings. The van der Waals surface area contributed by atoms with Gasteiger partial charge in [-0.15, -0.1) is 13.2 Å². The van der Waals surface area contributed by atoms with Crippen molar-refractivity contribution in [2.75, 3.05) is 34.5 Å². The maximum atomic E-state index is 11.0. The Hall–Kier alpha value is -2.54. The van der Waals surface area contributed by atoms with Gasteiger partial charge in [0, 0.05) is 39.6 Å². The summed E-state index contributed by atoms with van der Waals surface area (Å²) < 4.78 is 22.0. The highest BCUT2D eigenvalue weighted by molar-refractivity contribution is 5.42. The van der Waals surface area contributed by atoms with E-state index in [1.807, 2.05) is 30.3 Å². The van der Waals surface area contributed by atoms with Gasteiger partial charge >= 0.3 is 0 Å². The third-order valence-corrected chi connectivity index (χ3v) is 5.14. The predicted octanol–water partition coefficient (Wildman–Crippen LogP) is 4.68. The first-order chi connectivity index (χ1) is 15.0. The summed E-state index contributed by atoms with van der Waals surface area (Å²) in [6.45, 7) is 10.3. The molecule has 0 saturated carbocycles. The van der Waals surface area contributed by atoms with E-state index in [-0.39, 0.29) is 0 Å². The van der Waals surface area contributed by atoms with E-state index in [0.717, 1.165) is 24.3 Å². The predicted molar refractivity (Wildman–Crippen MR) is 122 cm³/mol. The van der Waals surface area contributed by atoms with Crippen LogP contribution >= 0.6 is 0 Å². The van der Waals surface area contributed by atoms with E-state index < -0.39 is 5.60 Å². The molecule has 0 saturated heterocycles. The van der Waals surface area contributed by atoms with Crippen molar-refractivity contribution in [1.29, 1.82) is 0 Å². The summed E-state index contributed by atoms with van der Waals surface area (Å²) in [5.74, 6) is 2.73. The molecule has 0 bridgehead atoms. The first-order valence-electron chi connectivity index (χ1n) is 10.4. The molecule has 2 aromatic rings. The molecule has 6 heteroatoms. The Labute approximate surface area is 185 Å². The van der Waals surface area contributed by atoms with Gasteiger partial charge in [-0.2, -0.15) is 0 Å². The number of hydrogen-bond acceptors (Lipinski definition) is 6. The molecule has 0 unspecified atom stereocenters. The molecule has 1 heterocycles. The lowest BCUT2D eigenvalue weighted by Crippen LogP contribution is -2.25. The number of rotatable bonds is 15. The minimum Gasteiger partial charge on any atom is -0.493 e. The lowest BCUT2D eigenvalue weighted by Gasteiger charge is -2.24. The fraction of sp³-hybridized carbons (Fsp3) is 0.440. The highest BCUT2D eigenvalue weighted by Crippen LogP contribution is 2.32. The maximum absolute atomic E-state index is 11.0. The highest BCUT2D eigenvalue weighted by Gasteiger charge is 2.30. The van der Waals surface area contributed by atoms with Crippen molar-refractivity contribution in [3.05, 3.63) is 72.7 Å². The van der Waals surface area contributed by atoms with Gasteiger partial charge in [0.05, 0.1) is 20.8 Å². The van der Waals surface area contributed by atoms with Gasteiger partial charge in [0.1, 0.15) is 17.1 Å². The molecule has 170 valence electrons. The smallest absolute Gasteiger partial charge is 0.161 e. The Morgan fingerprint density at radius 2 is 1.71 bits per heavy atom. The fourth-order valence-corrected chi connectivity index (χ4v) is 3.58. The van der Waals surface area contributed by atoms with Gasteiger partial charge in [-0.3, -0.25) is 4.90 Å². The summed E-state index contributed by atoms with van der Waals surface area (Å²) >= 11 is 0. The first kappa shape index (κ1) is 24.7. The zero-order chi connectivity index (χ0) is 22.7. The van der Waals surface area contributed by atoms with Crippen molar-refractivity contribution in [3.63, 3.8) is 0 Å². The van der Waals surface area contributed by atoms with Crippen molar-refractivity contribution in [2.45, 2.75) is 38.0 Å². The highest BCUT2D eigenvalue weighted by atomic mass is 16.5. The molecule has 0 radical (unpaired) electrons. The van der Waals surface area contributed by atoms with Crippen LogP contribution in [0.25, 0.3) is 0 Å².